The second kappa shape index (κ2) is 9.41. The van der Waals surface area contributed by atoms with Gasteiger partial charge in [-0.15, -0.1) is 0 Å². The molecule has 1 fully saturated rings. The lowest BCUT2D eigenvalue weighted by Gasteiger charge is -2.16. The Kier molecular flexibility index (Phi) is 6.41. The normalized spacial score (nSPS) is 20.2. The smallest absolute Gasteiger partial charge is 0.407 e. The summed E-state index contributed by atoms with van der Waals surface area (Å²) in [5, 5.41) is 26.6. The zero-order chi connectivity index (χ0) is 23.5. The lowest BCUT2D eigenvalue weighted by Crippen LogP contribution is -2.35. The van der Waals surface area contributed by atoms with E-state index in [0.717, 1.165) is 5.69 Å². The molecular formula is C21H25FN8O3. The molecule has 0 spiro atoms. The number of halogens is 1. The van der Waals surface area contributed by atoms with Crippen molar-refractivity contribution in [3.63, 3.8) is 0 Å². The molecular weight excluding hydrogens is 431 g/mol. The van der Waals surface area contributed by atoms with E-state index >= 15 is 0 Å². The van der Waals surface area contributed by atoms with E-state index in [-0.39, 0.29) is 24.1 Å². The Hall–Kier alpha value is -3.72. The number of ether oxygens (including phenoxy) is 2. The number of amides is 1. The molecule has 11 nitrogen and oxygen atoms in total. The van der Waals surface area contributed by atoms with E-state index in [1.54, 1.807) is 17.7 Å². The maximum absolute atomic E-state index is 14.5. The summed E-state index contributed by atoms with van der Waals surface area (Å²) in [5.41, 5.74) is 2.24. The summed E-state index contributed by atoms with van der Waals surface area (Å²) in [6.45, 7) is 3.93. The molecule has 1 aliphatic rings. The van der Waals surface area contributed by atoms with Gasteiger partial charge >= 0.3 is 6.09 Å². The number of nitrogens with one attached hydrogen (secondary N) is 3. The Morgan fingerprint density at radius 1 is 1.42 bits per heavy atom. The first-order chi connectivity index (χ1) is 15.9. The summed E-state index contributed by atoms with van der Waals surface area (Å²) in [7, 11) is 1.57. The summed E-state index contributed by atoms with van der Waals surface area (Å²) in [4.78, 5) is 16.2. The number of anilines is 2. The van der Waals surface area contributed by atoms with Crippen molar-refractivity contribution in [2.75, 3.05) is 12.4 Å². The fourth-order valence-electron chi connectivity index (χ4n) is 3.87. The number of hydrogen-bond donors (Lipinski definition) is 3. The second-order valence-corrected chi connectivity index (χ2v) is 8.25. The van der Waals surface area contributed by atoms with Gasteiger partial charge in [-0.3, -0.25) is 5.10 Å². The van der Waals surface area contributed by atoms with E-state index < -0.39 is 18.4 Å². The Bertz CT molecular complexity index is 1180. The average Bonchev–Trinajstić information content (AvgIpc) is 3.46. The Balaban J connectivity index is 1.49. The van der Waals surface area contributed by atoms with Crippen molar-refractivity contribution in [3.05, 3.63) is 35.4 Å². The highest BCUT2D eigenvalue weighted by Crippen LogP contribution is 2.38. The number of H-pyrrole nitrogens is 1. The summed E-state index contributed by atoms with van der Waals surface area (Å²) in [6.07, 6.45) is -0.586. The third-order valence-electron chi connectivity index (χ3n) is 5.29. The van der Waals surface area contributed by atoms with Crippen molar-refractivity contribution in [2.24, 2.45) is 0 Å². The van der Waals surface area contributed by atoms with Crippen LogP contribution in [-0.4, -0.2) is 56.3 Å². The zero-order valence-electron chi connectivity index (χ0n) is 18.5. The molecule has 3 aromatic heterocycles. The first-order valence-electron chi connectivity index (χ1n) is 10.6. The highest BCUT2D eigenvalue weighted by Gasteiger charge is 2.38. The topological polar surface area (TPSA) is 142 Å². The van der Waals surface area contributed by atoms with Crippen molar-refractivity contribution >= 4 is 23.2 Å². The first kappa shape index (κ1) is 22.5. The number of nitrogens with zero attached hydrogens (tertiary/aromatic N) is 5. The summed E-state index contributed by atoms with van der Waals surface area (Å²) in [6, 6.07) is 5.50. The van der Waals surface area contributed by atoms with E-state index in [2.05, 4.69) is 30.9 Å². The molecule has 3 N–H and O–H groups in total. The predicted octanol–water partition coefficient (Wildman–Crippen LogP) is 2.93. The van der Waals surface area contributed by atoms with Crippen molar-refractivity contribution < 1.29 is 18.7 Å². The predicted molar refractivity (Wildman–Crippen MR) is 116 cm³/mol. The lowest BCUT2D eigenvalue weighted by atomic mass is 10.0. The minimum absolute atomic E-state index is 0.0880. The molecule has 1 saturated carbocycles. The van der Waals surface area contributed by atoms with Crippen LogP contribution in [0.3, 0.4) is 0 Å². The van der Waals surface area contributed by atoms with Crippen LogP contribution in [0.25, 0.3) is 5.52 Å². The Labute approximate surface area is 189 Å². The molecule has 4 rings (SSSR count). The third kappa shape index (κ3) is 5.04. The van der Waals surface area contributed by atoms with Crippen LogP contribution in [0, 0.1) is 11.3 Å². The Morgan fingerprint density at radius 2 is 2.24 bits per heavy atom. The molecule has 0 bridgehead atoms. The van der Waals surface area contributed by atoms with Gasteiger partial charge in [0.2, 0.25) is 0 Å². The van der Waals surface area contributed by atoms with Gasteiger partial charge in [0.15, 0.2) is 17.3 Å². The van der Waals surface area contributed by atoms with E-state index in [1.165, 1.54) is 6.20 Å². The van der Waals surface area contributed by atoms with Crippen LogP contribution >= 0.6 is 0 Å². The van der Waals surface area contributed by atoms with E-state index in [1.807, 2.05) is 26.0 Å². The molecule has 3 heterocycles. The molecule has 174 valence electrons. The average molecular weight is 456 g/mol. The van der Waals surface area contributed by atoms with Crippen LogP contribution < -0.4 is 10.6 Å². The zero-order valence-corrected chi connectivity index (χ0v) is 18.5. The summed E-state index contributed by atoms with van der Waals surface area (Å²) in [5.74, 6) is 0.686. The van der Waals surface area contributed by atoms with Gasteiger partial charge in [-0.1, -0.05) is 0 Å². The van der Waals surface area contributed by atoms with Crippen LogP contribution in [0.4, 0.5) is 20.8 Å². The fourth-order valence-corrected chi connectivity index (χ4v) is 3.87. The number of rotatable bonds is 7. The van der Waals surface area contributed by atoms with Gasteiger partial charge < -0.3 is 20.1 Å². The van der Waals surface area contributed by atoms with Crippen LogP contribution in [0.15, 0.2) is 18.3 Å². The highest BCUT2D eigenvalue weighted by atomic mass is 19.1. The Morgan fingerprint density at radius 3 is 2.97 bits per heavy atom. The highest BCUT2D eigenvalue weighted by molar-refractivity contribution is 5.73. The van der Waals surface area contributed by atoms with Crippen molar-refractivity contribution in [3.8, 4) is 6.07 Å². The van der Waals surface area contributed by atoms with Gasteiger partial charge in [0, 0.05) is 30.8 Å². The van der Waals surface area contributed by atoms with Crippen LogP contribution in [0.5, 0.6) is 0 Å². The molecule has 0 aliphatic heterocycles. The number of aromatic amines is 1. The van der Waals surface area contributed by atoms with Gasteiger partial charge in [-0.05, 0) is 32.8 Å². The number of nitriles is 1. The third-order valence-corrected chi connectivity index (χ3v) is 5.29. The van der Waals surface area contributed by atoms with E-state index in [0.29, 0.717) is 35.9 Å². The number of alkyl halides is 1. The summed E-state index contributed by atoms with van der Waals surface area (Å²) >= 11 is 0. The standard InChI is InChI=1S/C21H25FN8O3/c1-11(2)24-21(31)33-18-5-12(4-15(18)22)16-7-19(28-27-16)26-20-17-6-13(10-32-3)29-30(17)9-14(8-23)25-20/h6-7,9,11-12,15,18H,4-5,10H2,1-3H3,(H,24,31)(H2,25,26,27,28)/t12-,15+,18-/m0/s1. The molecule has 12 heteroatoms. The molecule has 3 atom stereocenters. The quantitative estimate of drug-likeness (QED) is 0.493. The molecule has 33 heavy (non-hydrogen) atoms. The lowest BCUT2D eigenvalue weighted by molar-refractivity contribution is 0.0593. The molecule has 0 radical (unpaired) electrons. The maximum Gasteiger partial charge on any atom is 0.407 e. The first-order valence-corrected chi connectivity index (χ1v) is 10.6. The molecule has 0 saturated heterocycles. The number of methoxy groups -OCH3 is 1. The van der Waals surface area contributed by atoms with Gasteiger partial charge in [-0.2, -0.15) is 15.5 Å². The fraction of sp³-hybridized carbons (Fsp3) is 0.476. The number of hydrogen-bond acceptors (Lipinski definition) is 8. The number of fused-ring (bicyclic) bond motifs is 1. The van der Waals surface area contributed by atoms with Gasteiger partial charge in [0.05, 0.1) is 18.5 Å². The monoisotopic (exact) mass is 456 g/mol. The molecule has 1 amide bonds. The second-order valence-electron chi connectivity index (χ2n) is 8.25. The van der Waals surface area contributed by atoms with Gasteiger partial charge in [0.25, 0.3) is 0 Å². The maximum atomic E-state index is 14.5. The number of aromatic nitrogens is 5. The van der Waals surface area contributed by atoms with Crippen molar-refractivity contribution in [2.45, 2.75) is 57.5 Å². The number of carbonyl (C=O) groups is 1. The van der Waals surface area contributed by atoms with E-state index in [4.69, 9.17) is 9.47 Å². The van der Waals surface area contributed by atoms with Gasteiger partial charge in [-0.25, -0.2) is 18.7 Å². The summed E-state index contributed by atoms with van der Waals surface area (Å²) < 4.78 is 26.4. The van der Waals surface area contributed by atoms with Crippen LogP contribution in [0.1, 0.15) is 49.7 Å². The van der Waals surface area contributed by atoms with Crippen LogP contribution in [-0.2, 0) is 16.1 Å². The molecule has 0 unspecified atom stereocenters. The van der Waals surface area contributed by atoms with Crippen molar-refractivity contribution in [1.29, 1.82) is 5.26 Å². The number of alkyl carbamates (subject to hydrolysis) is 1. The van der Waals surface area contributed by atoms with Crippen LogP contribution in [0.2, 0.25) is 0 Å². The van der Waals surface area contributed by atoms with Gasteiger partial charge in [0.1, 0.15) is 23.9 Å². The van der Waals surface area contributed by atoms with E-state index in [9.17, 15) is 14.4 Å². The SMILES string of the molecule is COCc1cc2c(Nc3cc([C@H]4C[C@@H](F)[C@@H](OC(=O)NC(C)C)C4)[nH]n3)nc(C#N)cn2n1. The largest absolute Gasteiger partial charge is 0.443 e. The molecule has 1 aliphatic carbocycles. The molecule has 3 aromatic rings. The number of carbonyl (C=O) groups excluding carboxylic acids is 1. The molecule has 0 aromatic carbocycles. The minimum atomic E-state index is -1.26. The van der Waals surface area contributed by atoms with Crippen molar-refractivity contribution in [1.82, 2.24) is 30.1 Å². The minimum Gasteiger partial charge on any atom is -0.443 e.